The highest BCUT2D eigenvalue weighted by Crippen LogP contribution is 2.22. The van der Waals surface area contributed by atoms with Gasteiger partial charge < -0.3 is 9.74 Å². The Morgan fingerprint density at radius 3 is 2.43 bits per heavy atom. The molecule has 1 aromatic carbocycles. The van der Waals surface area contributed by atoms with Crippen LogP contribution in [-0.4, -0.2) is 36.6 Å². The van der Waals surface area contributed by atoms with Crippen molar-refractivity contribution in [2.75, 3.05) is 13.6 Å². The number of nitrogens with zero attached hydrogens (tertiary/aromatic N) is 3. The molecule has 0 aliphatic carbocycles. The van der Waals surface area contributed by atoms with E-state index in [1.54, 1.807) is 6.21 Å². The lowest BCUT2D eigenvalue weighted by Crippen LogP contribution is -2.15. The van der Waals surface area contributed by atoms with Gasteiger partial charge in [0.25, 0.3) is 0 Å². The Hall–Kier alpha value is -1.84. The first kappa shape index (κ1) is 17.2. The summed E-state index contributed by atoms with van der Waals surface area (Å²) in [7, 11) is 2.01. The standard InChI is InChI=1S/C17H27N3O/c1-8-20(7)12-18-16-10-13(2)15(9-14(16)3)11-19-21-17(4,5)6/h9-12H,8H2,1-7H3. The maximum Gasteiger partial charge on any atom is 0.129 e. The van der Waals surface area contributed by atoms with Gasteiger partial charge >= 0.3 is 0 Å². The number of oxime groups is 1. The molecule has 0 bridgehead atoms. The molecule has 4 heteroatoms. The number of hydrogen-bond acceptors (Lipinski definition) is 3. The molecule has 0 atom stereocenters. The second-order valence-electron chi connectivity index (χ2n) is 6.25. The van der Waals surface area contributed by atoms with E-state index < -0.39 is 0 Å². The minimum atomic E-state index is -0.269. The molecule has 1 rings (SSSR count). The van der Waals surface area contributed by atoms with Crippen LogP contribution in [0, 0.1) is 13.8 Å². The van der Waals surface area contributed by atoms with Gasteiger partial charge in [-0.3, -0.25) is 0 Å². The second-order valence-corrected chi connectivity index (χ2v) is 6.25. The molecule has 0 amide bonds. The molecule has 0 spiro atoms. The molecule has 0 saturated carbocycles. The zero-order valence-electron chi connectivity index (χ0n) is 14.3. The Labute approximate surface area is 128 Å². The second kappa shape index (κ2) is 7.25. The first-order valence-electron chi connectivity index (χ1n) is 7.30. The third kappa shape index (κ3) is 5.98. The highest BCUT2D eigenvalue weighted by molar-refractivity contribution is 5.83. The van der Waals surface area contributed by atoms with E-state index >= 15 is 0 Å². The first-order valence-corrected chi connectivity index (χ1v) is 7.30. The van der Waals surface area contributed by atoms with E-state index in [4.69, 9.17) is 4.84 Å². The van der Waals surface area contributed by atoms with Crippen LogP contribution in [0.2, 0.25) is 0 Å². The summed E-state index contributed by atoms with van der Waals surface area (Å²) >= 11 is 0. The Balaban J connectivity index is 2.92. The van der Waals surface area contributed by atoms with E-state index in [-0.39, 0.29) is 5.60 Å². The molecule has 0 unspecified atom stereocenters. The summed E-state index contributed by atoms with van der Waals surface area (Å²) in [5.74, 6) is 0. The predicted octanol–water partition coefficient (Wildman–Crippen LogP) is 4.06. The van der Waals surface area contributed by atoms with Crippen LogP contribution in [0.1, 0.15) is 44.4 Å². The smallest absolute Gasteiger partial charge is 0.129 e. The molecule has 116 valence electrons. The number of aryl methyl sites for hydroxylation is 2. The van der Waals surface area contributed by atoms with Crippen molar-refractivity contribution in [3.8, 4) is 0 Å². The summed E-state index contributed by atoms with van der Waals surface area (Å²) < 4.78 is 0. The molecule has 0 aliphatic heterocycles. The molecular weight excluding hydrogens is 262 g/mol. The van der Waals surface area contributed by atoms with Gasteiger partial charge in [0.1, 0.15) is 5.60 Å². The average Bonchev–Trinajstić information content (AvgIpc) is 2.38. The minimum Gasteiger partial charge on any atom is -0.390 e. The van der Waals surface area contributed by atoms with E-state index in [0.29, 0.717) is 0 Å². The zero-order valence-corrected chi connectivity index (χ0v) is 14.3. The summed E-state index contributed by atoms with van der Waals surface area (Å²) in [5.41, 5.74) is 4.03. The van der Waals surface area contributed by atoms with E-state index in [1.165, 1.54) is 0 Å². The summed E-state index contributed by atoms with van der Waals surface area (Å²) in [5, 5.41) is 4.06. The molecule has 4 nitrogen and oxygen atoms in total. The predicted molar refractivity (Wildman–Crippen MR) is 90.8 cm³/mol. The number of benzene rings is 1. The minimum absolute atomic E-state index is 0.269. The average molecular weight is 289 g/mol. The van der Waals surface area contributed by atoms with Crippen LogP contribution >= 0.6 is 0 Å². The molecule has 21 heavy (non-hydrogen) atoms. The third-order valence-electron chi connectivity index (χ3n) is 3.00. The van der Waals surface area contributed by atoms with Crippen LogP contribution in [0.15, 0.2) is 22.3 Å². The monoisotopic (exact) mass is 289 g/mol. The van der Waals surface area contributed by atoms with Crippen molar-refractivity contribution < 1.29 is 4.84 Å². The van der Waals surface area contributed by atoms with E-state index in [1.807, 2.05) is 39.1 Å². The normalized spacial score (nSPS) is 12.3. The topological polar surface area (TPSA) is 37.2 Å². The molecule has 0 radical (unpaired) electrons. The van der Waals surface area contributed by atoms with Crippen molar-refractivity contribution in [3.63, 3.8) is 0 Å². The lowest BCUT2D eigenvalue weighted by Gasteiger charge is -2.15. The van der Waals surface area contributed by atoms with Crippen LogP contribution in [0.25, 0.3) is 0 Å². The molecular formula is C17H27N3O. The van der Waals surface area contributed by atoms with Gasteiger partial charge in [-0.1, -0.05) is 5.16 Å². The Bertz CT molecular complexity index is 528. The number of hydrogen-bond donors (Lipinski definition) is 0. The maximum atomic E-state index is 5.39. The summed E-state index contributed by atoms with van der Waals surface area (Å²) in [6.45, 7) is 13.1. The van der Waals surface area contributed by atoms with Crippen molar-refractivity contribution in [1.82, 2.24) is 4.90 Å². The highest BCUT2D eigenvalue weighted by atomic mass is 16.6. The fourth-order valence-electron chi connectivity index (χ4n) is 1.59. The van der Waals surface area contributed by atoms with Crippen molar-refractivity contribution in [2.24, 2.45) is 10.1 Å². The Morgan fingerprint density at radius 2 is 1.86 bits per heavy atom. The van der Waals surface area contributed by atoms with Crippen LogP contribution in [0.5, 0.6) is 0 Å². The van der Waals surface area contributed by atoms with E-state index in [0.717, 1.165) is 28.9 Å². The molecule has 0 aromatic heterocycles. The Kier molecular flexibility index (Phi) is 5.94. The summed E-state index contributed by atoms with van der Waals surface area (Å²) in [6.07, 6.45) is 3.62. The van der Waals surface area contributed by atoms with Gasteiger partial charge in [0.15, 0.2) is 0 Å². The molecule has 0 N–H and O–H groups in total. The van der Waals surface area contributed by atoms with Crippen LogP contribution < -0.4 is 0 Å². The van der Waals surface area contributed by atoms with Crippen molar-refractivity contribution >= 4 is 18.2 Å². The molecule has 0 heterocycles. The molecule has 0 saturated heterocycles. The van der Waals surface area contributed by atoms with Gasteiger partial charge in [0.2, 0.25) is 0 Å². The van der Waals surface area contributed by atoms with Crippen molar-refractivity contribution in [3.05, 3.63) is 28.8 Å². The van der Waals surface area contributed by atoms with Gasteiger partial charge in [-0.05, 0) is 70.4 Å². The number of aliphatic imine (C=N–C) groups is 1. The van der Waals surface area contributed by atoms with Gasteiger partial charge in [0.05, 0.1) is 18.2 Å². The first-order chi connectivity index (χ1) is 9.73. The summed E-state index contributed by atoms with van der Waals surface area (Å²) in [6, 6.07) is 4.16. The zero-order chi connectivity index (χ0) is 16.0. The number of rotatable bonds is 5. The quantitative estimate of drug-likeness (QED) is 0.465. The lowest BCUT2D eigenvalue weighted by atomic mass is 10.0. The molecule has 0 aliphatic rings. The van der Waals surface area contributed by atoms with Gasteiger partial charge in [0, 0.05) is 13.6 Å². The van der Waals surface area contributed by atoms with E-state index in [2.05, 4.69) is 43.1 Å². The fraction of sp³-hybridized carbons (Fsp3) is 0.529. The van der Waals surface area contributed by atoms with Gasteiger partial charge in [-0.15, -0.1) is 0 Å². The molecule has 0 fully saturated rings. The largest absolute Gasteiger partial charge is 0.390 e. The maximum absolute atomic E-state index is 5.39. The van der Waals surface area contributed by atoms with E-state index in [9.17, 15) is 0 Å². The van der Waals surface area contributed by atoms with Crippen LogP contribution in [0.4, 0.5) is 5.69 Å². The Morgan fingerprint density at radius 1 is 1.19 bits per heavy atom. The van der Waals surface area contributed by atoms with Crippen molar-refractivity contribution in [1.29, 1.82) is 0 Å². The van der Waals surface area contributed by atoms with Crippen LogP contribution in [0.3, 0.4) is 0 Å². The van der Waals surface area contributed by atoms with Gasteiger partial charge in [-0.25, -0.2) is 4.99 Å². The van der Waals surface area contributed by atoms with Gasteiger partial charge in [-0.2, -0.15) is 0 Å². The lowest BCUT2D eigenvalue weighted by molar-refractivity contribution is 0.00199. The van der Waals surface area contributed by atoms with Crippen LogP contribution in [-0.2, 0) is 4.84 Å². The fourth-order valence-corrected chi connectivity index (χ4v) is 1.59. The van der Waals surface area contributed by atoms with Crippen molar-refractivity contribution in [2.45, 2.75) is 47.1 Å². The SMILES string of the molecule is CCN(C)C=Nc1cc(C)c(C=NOC(C)(C)C)cc1C. The third-order valence-corrected chi connectivity index (χ3v) is 3.00. The highest BCUT2D eigenvalue weighted by Gasteiger charge is 2.09. The summed E-state index contributed by atoms with van der Waals surface area (Å²) in [4.78, 5) is 12.0. The molecule has 1 aromatic rings.